The van der Waals surface area contributed by atoms with Crippen molar-refractivity contribution in [1.82, 2.24) is 0 Å². The fraction of sp³-hybridized carbons (Fsp3) is 0.286. The minimum absolute atomic E-state index is 0.0345. The molecule has 2 N–H and O–H groups in total. The highest BCUT2D eigenvalue weighted by atomic mass is 16.6. The molecule has 0 aliphatic carbocycles. The number of hydrogen-bond donors (Lipinski definition) is 1. The van der Waals surface area contributed by atoms with Gasteiger partial charge in [-0.15, -0.1) is 6.42 Å². The van der Waals surface area contributed by atoms with Crippen molar-refractivity contribution in [2.75, 3.05) is 31.8 Å². The lowest BCUT2D eigenvalue weighted by Gasteiger charge is -2.34. The largest absolute Gasteiger partial charge is 0.460 e. The number of nitrogens with two attached hydrogens (primary N) is 1. The molecule has 0 radical (unpaired) electrons. The summed E-state index contributed by atoms with van der Waals surface area (Å²) in [6.07, 6.45) is 5.46. The van der Waals surface area contributed by atoms with E-state index in [1.54, 1.807) is 24.3 Å². The van der Waals surface area contributed by atoms with Gasteiger partial charge in [-0.3, -0.25) is 9.69 Å². The normalized spacial score (nSPS) is 20.3. The number of fused-ring (bicyclic) bond motifs is 2. The number of nitrogens with zero attached hydrogens (tertiary/aromatic N) is 2. The Hall–Kier alpha value is -3.75. The Bertz CT molecular complexity index is 1030. The molecular weight excluding hydrogens is 374 g/mol. The van der Waals surface area contributed by atoms with Crippen LogP contribution in [0.3, 0.4) is 0 Å². The summed E-state index contributed by atoms with van der Waals surface area (Å²) in [7, 11) is 1.47. The third-order valence-corrected chi connectivity index (χ3v) is 4.86. The minimum atomic E-state index is -1.79. The molecule has 1 unspecified atom stereocenters. The molecule has 2 heterocycles. The molecule has 0 aromatic heterocycles. The zero-order valence-corrected chi connectivity index (χ0v) is 16.0. The topological polar surface area (TPSA) is 115 Å². The standard InChI is InChI=1S/C21H19N3O5/c1-4-9-24-16-8-6-5-7-14(16)21(20(24)26)15(12-22)18(23)29-13(2)17(21)19(25)28-11-10-27-3/h1,5-8H,9-11,23H2,2-3H3. The number of benzene rings is 1. The molecule has 29 heavy (non-hydrogen) atoms. The highest BCUT2D eigenvalue weighted by Crippen LogP contribution is 2.53. The van der Waals surface area contributed by atoms with Crippen LogP contribution in [0.4, 0.5) is 5.69 Å². The second-order valence-electron chi connectivity index (χ2n) is 6.38. The van der Waals surface area contributed by atoms with Crippen LogP contribution in [0.25, 0.3) is 0 Å². The van der Waals surface area contributed by atoms with Gasteiger partial charge in [0.2, 0.25) is 11.8 Å². The smallest absolute Gasteiger partial charge is 0.339 e. The molecule has 2 aliphatic rings. The molecule has 1 atom stereocenters. The van der Waals surface area contributed by atoms with Gasteiger partial charge in [-0.05, 0) is 13.0 Å². The maximum absolute atomic E-state index is 13.7. The number of carbonyl (C=O) groups is 2. The number of para-hydroxylation sites is 1. The number of amides is 1. The van der Waals surface area contributed by atoms with Gasteiger partial charge in [0.25, 0.3) is 0 Å². The summed E-state index contributed by atoms with van der Waals surface area (Å²) in [5, 5.41) is 9.87. The van der Waals surface area contributed by atoms with Crippen molar-refractivity contribution in [2.45, 2.75) is 12.3 Å². The minimum Gasteiger partial charge on any atom is -0.460 e. The Balaban J connectivity index is 2.30. The van der Waals surface area contributed by atoms with Crippen LogP contribution in [0.2, 0.25) is 0 Å². The van der Waals surface area contributed by atoms with Crippen molar-refractivity contribution in [1.29, 1.82) is 5.26 Å². The molecule has 1 aromatic rings. The third kappa shape index (κ3) is 2.82. The molecule has 1 aromatic carbocycles. The molecule has 0 saturated carbocycles. The number of nitriles is 1. The second-order valence-corrected chi connectivity index (χ2v) is 6.38. The Morgan fingerprint density at radius 3 is 2.76 bits per heavy atom. The van der Waals surface area contributed by atoms with Crippen LogP contribution in [0.5, 0.6) is 0 Å². The molecule has 0 saturated heterocycles. The second kappa shape index (κ2) is 7.70. The molecule has 8 nitrogen and oxygen atoms in total. The lowest BCUT2D eigenvalue weighted by Crippen LogP contribution is -2.48. The lowest BCUT2D eigenvalue weighted by molar-refractivity contribution is -0.142. The molecule has 148 valence electrons. The summed E-state index contributed by atoms with van der Waals surface area (Å²) < 4.78 is 15.6. The van der Waals surface area contributed by atoms with E-state index < -0.39 is 17.3 Å². The van der Waals surface area contributed by atoms with Crippen LogP contribution in [0.1, 0.15) is 12.5 Å². The van der Waals surface area contributed by atoms with Crippen LogP contribution >= 0.6 is 0 Å². The zero-order valence-electron chi connectivity index (χ0n) is 16.0. The van der Waals surface area contributed by atoms with Gasteiger partial charge < -0.3 is 19.9 Å². The van der Waals surface area contributed by atoms with E-state index in [0.717, 1.165) is 0 Å². The Morgan fingerprint density at radius 2 is 2.10 bits per heavy atom. The molecule has 1 amide bonds. The van der Waals surface area contributed by atoms with Crippen LogP contribution in [-0.2, 0) is 29.2 Å². The van der Waals surface area contributed by atoms with Gasteiger partial charge in [-0.25, -0.2) is 4.79 Å². The predicted octanol–water partition coefficient (Wildman–Crippen LogP) is 1.09. The number of allylic oxidation sites excluding steroid dienone is 1. The summed E-state index contributed by atoms with van der Waals surface area (Å²) in [6.45, 7) is 1.59. The average molecular weight is 393 g/mol. The first-order valence-corrected chi connectivity index (χ1v) is 8.75. The highest BCUT2D eigenvalue weighted by Gasteiger charge is 2.62. The van der Waals surface area contributed by atoms with Crippen molar-refractivity contribution in [2.24, 2.45) is 5.73 Å². The Kier molecular flexibility index (Phi) is 5.31. The number of hydrogen-bond acceptors (Lipinski definition) is 7. The van der Waals surface area contributed by atoms with Crippen LogP contribution in [0.15, 0.2) is 47.1 Å². The molecule has 8 heteroatoms. The van der Waals surface area contributed by atoms with Crippen molar-refractivity contribution < 1.29 is 23.8 Å². The van der Waals surface area contributed by atoms with Crippen molar-refractivity contribution in [3.63, 3.8) is 0 Å². The van der Waals surface area contributed by atoms with Gasteiger partial charge in [0.05, 0.1) is 13.2 Å². The lowest BCUT2D eigenvalue weighted by atomic mass is 9.68. The number of ether oxygens (including phenoxy) is 3. The van der Waals surface area contributed by atoms with Crippen LogP contribution in [-0.4, -0.2) is 38.7 Å². The van der Waals surface area contributed by atoms with Gasteiger partial charge in [0.15, 0.2) is 5.41 Å². The van der Waals surface area contributed by atoms with Gasteiger partial charge in [-0.2, -0.15) is 5.26 Å². The molecule has 1 spiro atoms. The predicted molar refractivity (Wildman–Crippen MR) is 103 cm³/mol. The maximum Gasteiger partial charge on any atom is 0.339 e. The van der Waals surface area contributed by atoms with Gasteiger partial charge >= 0.3 is 5.97 Å². The summed E-state index contributed by atoms with van der Waals surface area (Å²) in [4.78, 5) is 28.1. The Morgan fingerprint density at radius 1 is 1.38 bits per heavy atom. The maximum atomic E-state index is 13.7. The van der Waals surface area contributed by atoms with E-state index in [1.807, 2.05) is 6.07 Å². The quantitative estimate of drug-likeness (QED) is 0.452. The first-order chi connectivity index (χ1) is 13.9. The summed E-state index contributed by atoms with van der Waals surface area (Å²) in [5.41, 5.74) is 4.81. The van der Waals surface area contributed by atoms with Crippen LogP contribution < -0.4 is 10.6 Å². The van der Waals surface area contributed by atoms with Crippen molar-refractivity contribution >= 4 is 17.6 Å². The summed E-state index contributed by atoms with van der Waals surface area (Å²) >= 11 is 0. The summed E-state index contributed by atoms with van der Waals surface area (Å²) in [5.74, 6) is 0.913. The van der Waals surface area contributed by atoms with Crippen molar-refractivity contribution in [3.8, 4) is 18.4 Å². The number of anilines is 1. The number of carbonyl (C=O) groups excluding carboxylic acids is 2. The van der Waals surface area contributed by atoms with Crippen molar-refractivity contribution in [3.05, 3.63) is 52.6 Å². The van der Waals surface area contributed by atoms with E-state index in [1.165, 1.54) is 18.9 Å². The number of rotatable bonds is 5. The van der Waals surface area contributed by atoms with E-state index in [-0.39, 0.29) is 42.5 Å². The number of esters is 1. The fourth-order valence-corrected chi connectivity index (χ4v) is 3.75. The monoisotopic (exact) mass is 393 g/mol. The number of terminal acetylenes is 1. The SMILES string of the molecule is C#CCN1C(=O)C2(C(C#N)=C(N)OC(C)=C2C(=O)OCCOC)c2ccccc21. The molecule has 0 bridgehead atoms. The summed E-state index contributed by atoms with van der Waals surface area (Å²) in [6, 6.07) is 8.76. The third-order valence-electron chi connectivity index (χ3n) is 4.86. The first-order valence-electron chi connectivity index (χ1n) is 8.75. The molecule has 0 fully saturated rings. The molecule has 3 rings (SSSR count). The average Bonchev–Trinajstić information content (AvgIpc) is 2.92. The molecule has 2 aliphatic heterocycles. The van der Waals surface area contributed by atoms with Gasteiger partial charge in [-0.1, -0.05) is 24.1 Å². The van der Waals surface area contributed by atoms with E-state index in [9.17, 15) is 14.9 Å². The first kappa shape index (κ1) is 20.0. The van der Waals surface area contributed by atoms with E-state index in [4.69, 9.17) is 26.4 Å². The van der Waals surface area contributed by atoms with E-state index in [0.29, 0.717) is 11.3 Å². The van der Waals surface area contributed by atoms with Gasteiger partial charge in [0.1, 0.15) is 29.6 Å². The van der Waals surface area contributed by atoms with Crippen LogP contribution in [0, 0.1) is 23.7 Å². The van der Waals surface area contributed by atoms with Gasteiger partial charge in [0, 0.05) is 18.4 Å². The number of methoxy groups -OCH3 is 1. The Labute approximate surface area is 168 Å². The zero-order chi connectivity index (χ0) is 21.2. The fourth-order valence-electron chi connectivity index (χ4n) is 3.75. The van der Waals surface area contributed by atoms with E-state index >= 15 is 0 Å². The van der Waals surface area contributed by atoms with E-state index in [2.05, 4.69) is 5.92 Å². The molecular formula is C21H19N3O5. The highest BCUT2D eigenvalue weighted by molar-refractivity contribution is 6.18.